The first kappa shape index (κ1) is 27.6. The van der Waals surface area contributed by atoms with Crippen molar-refractivity contribution in [3.63, 3.8) is 0 Å². The minimum atomic E-state index is -0.831. The van der Waals surface area contributed by atoms with Crippen molar-refractivity contribution in [2.75, 3.05) is 26.7 Å². The Morgan fingerprint density at radius 2 is 1.95 bits per heavy atom. The van der Waals surface area contributed by atoms with Crippen LogP contribution in [0.5, 0.6) is 5.75 Å². The van der Waals surface area contributed by atoms with Crippen molar-refractivity contribution in [1.82, 2.24) is 25.1 Å². The van der Waals surface area contributed by atoms with E-state index in [4.69, 9.17) is 10.5 Å². The minimum absolute atomic E-state index is 0.0439. The lowest BCUT2D eigenvalue weighted by molar-refractivity contribution is -0.140. The van der Waals surface area contributed by atoms with Gasteiger partial charge in [-0.3, -0.25) is 19.4 Å². The Morgan fingerprint density at radius 1 is 1.18 bits per heavy atom. The summed E-state index contributed by atoms with van der Waals surface area (Å²) in [4.78, 5) is 50.4. The Balaban J connectivity index is 1.24. The van der Waals surface area contributed by atoms with Crippen LogP contribution in [0.2, 0.25) is 0 Å². The quantitative estimate of drug-likeness (QED) is 0.358. The average Bonchev–Trinajstić information content (AvgIpc) is 3.74. The highest BCUT2D eigenvalue weighted by atomic mass is 16.5. The maximum absolute atomic E-state index is 13.5. The van der Waals surface area contributed by atoms with Crippen LogP contribution in [0.3, 0.4) is 0 Å². The molecule has 5 rings (SSSR count). The largest absolute Gasteiger partial charge is 0.497 e. The molecule has 212 valence electrons. The van der Waals surface area contributed by atoms with Gasteiger partial charge in [0.2, 0.25) is 17.7 Å². The molecule has 3 atom stereocenters. The zero-order valence-electron chi connectivity index (χ0n) is 23.0. The number of aromatic amines is 1. The summed E-state index contributed by atoms with van der Waals surface area (Å²) in [7, 11) is 1.63. The van der Waals surface area contributed by atoms with Gasteiger partial charge in [-0.25, -0.2) is 0 Å². The summed E-state index contributed by atoms with van der Waals surface area (Å²) in [6.45, 7) is 2.30. The molecule has 10 heteroatoms. The normalized spacial score (nSPS) is 19.6. The molecule has 0 aliphatic carbocycles. The summed E-state index contributed by atoms with van der Waals surface area (Å²) in [5.74, 6) is 0.450. The molecular weight excluding hydrogens is 508 g/mol. The Morgan fingerprint density at radius 3 is 2.67 bits per heavy atom. The molecule has 2 aromatic heterocycles. The monoisotopic (exact) mass is 546 g/mol. The van der Waals surface area contributed by atoms with Gasteiger partial charge in [0, 0.05) is 43.3 Å². The first-order valence-electron chi connectivity index (χ1n) is 14.1. The number of methoxy groups -OCH3 is 1. The van der Waals surface area contributed by atoms with Gasteiger partial charge in [0.25, 0.3) is 0 Å². The van der Waals surface area contributed by atoms with Crippen LogP contribution in [-0.2, 0) is 27.3 Å². The Bertz CT molecular complexity index is 1300. The molecule has 1 aromatic carbocycles. The zero-order valence-corrected chi connectivity index (χ0v) is 23.0. The Kier molecular flexibility index (Phi) is 8.64. The topological polar surface area (TPSA) is 134 Å². The number of carbonyl (C=O) groups excluding carboxylic acids is 3. The summed E-state index contributed by atoms with van der Waals surface area (Å²) in [6.07, 6.45) is 7.30. The average molecular weight is 547 g/mol. The number of nitrogens with one attached hydrogen (secondary N) is 2. The molecule has 4 N–H and O–H groups in total. The molecule has 10 nitrogen and oxygen atoms in total. The molecule has 4 heterocycles. The molecule has 40 heavy (non-hydrogen) atoms. The molecule has 3 aromatic rings. The van der Waals surface area contributed by atoms with Crippen LogP contribution in [-0.4, -0.2) is 76.3 Å². The number of H-pyrrole nitrogens is 1. The smallest absolute Gasteiger partial charge is 0.243 e. The molecule has 2 aliphatic heterocycles. The molecule has 2 saturated heterocycles. The molecule has 0 radical (unpaired) electrons. The van der Waals surface area contributed by atoms with Gasteiger partial charge in [-0.2, -0.15) is 0 Å². The lowest BCUT2D eigenvalue weighted by Gasteiger charge is -2.27. The van der Waals surface area contributed by atoms with Gasteiger partial charge < -0.3 is 30.6 Å². The van der Waals surface area contributed by atoms with Crippen molar-refractivity contribution in [1.29, 1.82) is 0 Å². The van der Waals surface area contributed by atoms with E-state index in [1.807, 2.05) is 41.3 Å². The van der Waals surface area contributed by atoms with Crippen LogP contribution in [0, 0.1) is 5.92 Å². The number of likely N-dealkylation sites (tertiary alicyclic amines) is 2. The second kappa shape index (κ2) is 12.5. The number of fused-ring (bicyclic) bond motifs is 1. The maximum Gasteiger partial charge on any atom is 0.243 e. The van der Waals surface area contributed by atoms with E-state index in [1.165, 1.54) is 0 Å². The van der Waals surface area contributed by atoms with Crippen molar-refractivity contribution in [3.05, 3.63) is 60.0 Å². The van der Waals surface area contributed by atoms with Crippen LogP contribution < -0.4 is 15.8 Å². The highest BCUT2D eigenvalue weighted by Crippen LogP contribution is 2.28. The van der Waals surface area contributed by atoms with Gasteiger partial charge in [-0.1, -0.05) is 12.1 Å². The molecule has 3 amide bonds. The number of pyridine rings is 1. The van der Waals surface area contributed by atoms with E-state index in [1.54, 1.807) is 24.4 Å². The fraction of sp³-hybridized carbons (Fsp3) is 0.467. The van der Waals surface area contributed by atoms with Crippen LogP contribution in [0.4, 0.5) is 0 Å². The van der Waals surface area contributed by atoms with Gasteiger partial charge in [-0.05, 0) is 67.9 Å². The number of ether oxygens (including phenoxy) is 1. The van der Waals surface area contributed by atoms with Gasteiger partial charge in [0.15, 0.2) is 0 Å². The molecule has 0 spiro atoms. The van der Waals surface area contributed by atoms with E-state index >= 15 is 0 Å². The van der Waals surface area contributed by atoms with E-state index in [0.29, 0.717) is 19.5 Å². The highest BCUT2D eigenvalue weighted by Gasteiger charge is 2.41. The molecule has 0 saturated carbocycles. The zero-order chi connectivity index (χ0) is 28.1. The van der Waals surface area contributed by atoms with Gasteiger partial charge in [0.05, 0.1) is 31.4 Å². The molecule has 2 fully saturated rings. The van der Waals surface area contributed by atoms with E-state index in [2.05, 4.69) is 15.3 Å². The van der Waals surface area contributed by atoms with Crippen LogP contribution in [0.1, 0.15) is 43.4 Å². The predicted molar refractivity (Wildman–Crippen MR) is 151 cm³/mol. The minimum Gasteiger partial charge on any atom is -0.497 e. The van der Waals surface area contributed by atoms with Crippen molar-refractivity contribution >= 4 is 28.6 Å². The lowest BCUT2D eigenvalue weighted by Crippen LogP contribution is -2.51. The number of amides is 3. The summed E-state index contributed by atoms with van der Waals surface area (Å²) < 4.78 is 5.26. The van der Waals surface area contributed by atoms with Crippen LogP contribution in [0.25, 0.3) is 10.9 Å². The lowest BCUT2D eigenvalue weighted by atomic mass is 9.96. The number of hydrogen-bond acceptors (Lipinski definition) is 6. The van der Waals surface area contributed by atoms with Crippen LogP contribution in [0.15, 0.2) is 48.8 Å². The second-order valence-corrected chi connectivity index (χ2v) is 10.9. The fourth-order valence-corrected chi connectivity index (χ4v) is 5.83. The molecular formula is C30H38N6O4. The van der Waals surface area contributed by atoms with E-state index < -0.39 is 12.1 Å². The Hall–Kier alpha value is -3.92. The predicted octanol–water partition coefficient (Wildman–Crippen LogP) is 2.38. The number of nitrogens with zero attached hydrogens (tertiary/aromatic N) is 3. The number of rotatable bonds is 10. The number of hydrogen-bond donors (Lipinski definition) is 3. The number of benzene rings is 1. The molecule has 2 aliphatic rings. The van der Waals surface area contributed by atoms with Crippen molar-refractivity contribution < 1.29 is 19.1 Å². The third kappa shape index (κ3) is 6.44. The standard InChI is InChI=1S/C30H38N6O4/c1-40-24-6-4-20(5-7-24)14-21-15-27(29(38)33-17-23-16-22-10-11-32-18-26(22)34-23)36(19-21)30(39)25(31)8-9-28(37)35-12-2-3-13-35/h4-7,10-11,16,18,21,25,27,34H,2-3,8-9,12-15,17,19,31H2,1H3,(H,33,38)/t21-,25-,27+/m1/s1. The van der Waals surface area contributed by atoms with Gasteiger partial charge >= 0.3 is 0 Å². The van der Waals surface area contributed by atoms with Crippen LogP contribution >= 0.6 is 0 Å². The summed E-state index contributed by atoms with van der Waals surface area (Å²) in [5.41, 5.74) is 9.20. The first-order valence-corrected chi connectivity index (χ1v) is 14.1. The van der Waals surface area contributed by atoms with Crippen molar-refractivity contribution in [3.8, 4) is 5.75 Å². The highest BCUT2D eigenvalue weighted by molar-refractivity contribution is 5.91. The molecule has 0 unspecified atom stereocenters. The third-order valence-electron chi connectivity index (χ3n) is 8.03. The van der Waals surface area contributed by atoms with Gasteiger partial charge in [0.1, 0.15) is 11.8 Å². The summed E-state index contributed by atoms with van der Waals surface area (Å²) in [6, 6.07) is 10.3. The second-order valence-electron chi connectivity index (χ2n) is 10.9. The number of nitrogens with two attached hydrogens (primary N) is 1. The number of carbonyl (C=O) groups is 3. The van der Waals surface area contributed by atoms with Crippen molar-refractivity contribution in [2.24, 2.45) is 11.7 Å². The summed E-state index contributed by atoms with van der Waals surface area (Å²) in [5, 5.41) is 4.03. The van der Waals surface area contributed by atoms with E-state index in [0.717, 1.165) is 60.3 Å². The summed E-state index contributed by atoms with van der Waals surface area (Å²) >= 11 is 0. The SMILES string of the molecule is COc1ccc(C[C@@H]2C[C@@H](C(=O)NCc3cc4ccncc4[nH]3)N(C(=O)[C@H](N)CCC(=O)N3CCCC3)C2)cc1. The Labute approximate surface area is 234 Å². The van der Waals surface area contributed by atoms with E-state index in [9.17, 15) is 14.4 Å². The van der Waals surface area contributed by atoms with Gasteiger partial charge in [-0.15, -0.1) is 0 Å². The number of aromatic nitrogens is 2. The third-order valence-corrected chi connectivity index (χ3v) is 8.03. The first-order chi connectivity index (χ1) is 19.4. The maximum atomic E-state index is 13.5. The fourth-order valence-electron chi connectivity index (χ4n) is 5.83. The molecule has 0 bridgehead atoms. The van der Waals surface area contributed by atoms with Crippen molar-refractivity contribution in [2.45, 2.75) is 57.2 Å². The van der Waals surface area contributed by atoms with E-state index in [-0.39, 0.29) is 36.5 Å².